The van der Waals surface area contributed by atoms with Crippen LogP contribution in [0.15, 0.2) is 52.2 Å². The Hall–Kier alpha value is -2.01. The lowest BCUT2D eigenvalue weighted by atomic mass is 10.0. The van der Waals surface area contributed by atoms with E-state index in [0.29, 0.717) is 13.1 Å². The largest absolute Gasteiger partial charge is 0.356 e. The van der Waals surface area contributed by atoms with Crippen molar-refractivity contribution < 1.29 is 4.79 Å². The number of thioether (sulfide) groups is 1. The summed E-state index contributed by atoms with van der Waals surface area (Å²) in [7, 11) is 0. The van der Waals surface area contributed by atoms with Gasteiger partial charge in [-0.3, -0.25) is 9.59 Å². The molecule has 1 atom stereocenters. The van der Waals surface area contributed by atoms with Gasteiger partial charge in [-0.15, -0.1) is 11.8 Å². The fourth-order valence-electron chi connectivity index (χ4n) is 3.02. The van der Waals surface area contributed by atoms with E-state index in [9.17, 15) is 9.59 Å². The number of rotatable bonds is 6. The van der Waals surface area contributed by atoms with Gasteiger partial charge >= 0.3 is 0 Å². The molecule has 1 aliphatic rings. The third kappa shape index (κ3) is 3.73. The summed E-state index contributed by atoms with van der Waals surface area (Å²) in [5.74, 6) is 0.898. The highest BCUT2D eigenvalue weighted by atomic mass is 32.2. The number of carbonyl (C=O) groups excluding carboxylic acids is 1. The van der Waals surface area contributed by atoms with Crippen molar-refractivity contribution in [3.05, 3.63) is 64.1 Å². The molecule has 126 valence electrons. The Morgan fingerprint density at radius 3 is 2.88 bits per heavy atom. The summed E-state index contributed by atoms with van der Waals surface area (Å²) in [6, 6.07) is 13.4. The molecule has 1 amide bonds. The Balaban J connectivity index is 1.44. The molecule has 1 aromatic carbocycles. The van der Waals surface area contributed by atoms with Crippen LogP contribution < -0.4 is 10.9 Å². The first-order chi connectivity index (χ1) is 11.7. The third-order valence-electron chi connectivity index (χ3n) is 4.39. The molecule has 0 radical (unpaired) electrons. The van der Waals surface area contributed by atoms with Crippen molar-refractivity contribution in [3.63, 3.8) is 0 Å². The van der Waals surface area contributed by atoms with Crippen LogP contribution in [0.2, 0.25) is 0 Å². The van der Waals surface area contributed by atoms with Gasteiger partial charge in [0, 0.05) is 35.5 Å². The van der Waals surface area contributed by atoms with Crippen molar-refractivity contribution in [3.8, 4) is 0 Å². The molecule has 2 aromatic rings. The zero-order chi connectivity index (χ0) is 16.9. The SMILES string of the molecule is Cc1cccc(=O)n1CCCCNC(=O)C1CSc2ccccc21. The molecular weight excluding hydrogens is 320 g/mol. The maximum absolute atomic E-state index is 12.4. The Labute approximate surface area is 146 Å². The van der Waals surface area contributed by atoms with Gasteiger partial charge in [-0.1, -0.05) is 24.3 Å². The molecule has 0 fully saturated rings. The van der Waals surface area contributed by atoms with Crippen molar-refractivity contribution >= 4 is 17.7 Å². The number of pyridine rings is 1. The second kappa shape index (κ2) is 7.71. The summed E-state index contributed by atoms with van der Waals surface area (Å²) >= 11 is 1.75. The van der Waals surface area contributed by atoms with Gasteiger partial charge in [-0.05, 0) is 37.5 Å². The molecule has 0 saturated heterocycles. The first-order valence-corrected chi connectivity index (χ1v) is 9.31. The molecule has 1 aliphatic heterocycles. The standard InChI is InChI=1S/C19H22N2O2S/c1-14-7-6-10-18(22)21(14)12-5-4-11-20-19(23)16-13-24-17-9-3-2-8-15(16)17/h2-3,6-10,16H,4-5,11-13H2,1H3,(H,20,23). The molecule has 24 heavy (non-hydrogen) atoms. The Morgan fingerprint density at radius 1 is 1.21 bits per heavy atom. The molecule has 1 aromatic heterocycles. The molecule has 0 spiro atoms. The van der Waals surface area contributed by atoms with E-state index >= 15 is 0 Å². The first-order valence-electron chi connectivity index (χ1n) is 8.33. The molecule has 5 heteroatoms. The molecule has 3 rings (SSSR count). The maximum Gasteiger partial charge on any atom is 0.250 e. The molecule has 4 nitrogen and oxygen atoms in total. The normalized spacial score (nSPS) is 16.0. The number of amides is 1. The highest BCUT2D eigenvalue weighted by molar-refractivity contribution is 7.99. The third-order valence-corrected chi connectivity index (χ3v) is 5.57. The van der Waals surface area contributed by atoms with E-state index in [2.05, 4.69) is 11.4 Å². The van der Waals surface area contributed by atoms with Crippen LogP contribution in [0.4, 0.5) is 0 Å². The van der Waals surface area contributed by atoms with E-state index < -0.39 is 0 Å². The van der Waals surface area contributed by atoms with E-state index in [4.69, 9.17) is 0 Å². The summed E-state index contributed by atoms with van der Waals surface area (Å²) < 4.78 is 1.78. The average Bonchev–Trinajstić information content (AvgIpc) is 3.01. The van der Waals surface area contributed by atoms with Crippen LogP contribution in [0.1, 0.15) is 30.0 Å². The van der Waals surface area contributed by atoms with E-state index in [1.54, 1.807) is 28.5 Å². The smallest absolute Gasteiger partial charge is 0.250 e. The van der Waals surface area contributed by atoms with Gasteiger partial charge < -0.3 is 9.88 Å². The van der Waals surface area contributed by atoms with Crippen molar-refractivity contribution in [2.24, 2.45) is 0 Å². The number of nitrogens with one attached hydrogen (secondary N) is 1. The summed E-state index contributed by atoms with van der Waals surface area (Å²) in [5, 5.41) is 3.04. The fourth-order valence-corrected chi connectivity index (χ4v) is 4.25. The second-order valence-corrected chi connectivity index (χ2v) is 7.12. The number of benzene rings is 1. The van der Waals surface area contributed by atoms with Gasteiger partial charge in [0.25, 0.3) is 5.56 Å². The Morgan fingerprint density at radius 2 is 2.04 bits per heavy atom. The molecular formula is C19H22N2O2S. The van der Waals surface area contributed by atoms with Crippen LogP contribution in [-0.2, 0) is 11.3 Å². The highest BCUT2D eigenvalue weighted by Crippen LogP contribution is 2.39. The van der Waals surface area contributed by atoms with E-state index in [-0.39, 0.29) is 17.4 Å². The maximum atomic E-state index is 12.4. The van der Waals surface area contributed by atoms with Gasteiger partial charge in [0.2, 0.25) is 5.91 Å². The minimum absolute atomic E-state index is 0.0369. The number of fused-ring (bicyclic) bond motifs is 1. The quantitative estimate of drug-likeness (QED) is 0.821. The zero-order valence-electron chi connectivity index (χ0n) is 13.8. The van der Waals surface area contributed by atoms with Gasteiger partial charge in [0.05, 0.1) is 5.92 Å². The highest BCUT2D eigenvalue weighted by Gasteiger charge is 2.28. The van der Waals surface area contributed by atoms with E-state index in [0.717, 1.165) is 29.9 Å². The number of nitrogens with zero attached hydrogens (tertiary/aromatic N) is 1. The molecule has 0 aliphatic carbocycles. The van der Waals surface area contributed by atoms with Crippen LogP contribution >= 0.6 is 11.8 Å². The van der Waals surface area contributed by atoms with Crippen molar-refractivity contribution in [2.45, 2.75) is 37.1 Å². The molecule has 1 N–H and O–H groups in total. The summed E-state index contributed by atoms with van der Waals surface area (Å²) in [4.78, 5) is 25.4. The van der Waals surface area contributed by atoms with Crippen molar-refractivity contribution in [1.82, 2.24) is 9.88 Å². The van der Waals surface area contributed by atoms with E-state index in [1.165, 1.54) is 4.90 Å². The lowest BCUT2D eigenvalue weighted by Crippen LogP contribution is -2.30. The van der Waals surface area contributed by atoms with E-state index in [1.807, 2.05) is 31.2 Å². The van der Waals surface area contributed by atoms with Gasteiger partial charge in [-0.2, -0.15) is 0 Å². The van der Waals surface area contributed by atoms with Gasteiger partial charge in [0.1, 0.15) is 0 Å². The molecule has 0 saturated carbocycles. The lowest BCUT2D eigenvalue weighted by Gasteiger charge is -2.12. The first kappa shape index (κ1) is 16.8. The summed E-state index contributed by atoms with van der Waals surface area (Å²) in [5.41, 5.74) is 2.16. The Bertz CT molecular complexity index is 785. The van der Waals surface area contributed by atoms with Crippen LogP contribution in [0.5, 0.6) is 0 Å². The number of unbranched alkanes of at least 4 members (excludes halogenated alkanes) is 1. The predicted octanol–water partition coefficient (Wildman–Crippen LogP) is 2.94. The van der Waals surface area contributed by atoms with Gasteiger partial charge in [-0.25, -0.2) is 0 Å². The van der Waals surface area contributed by atoms with Crippen molar-refractivity contribution in [1.29, 1.82) is 0 Å². The second-order valence-electron chi connectivity index (χ2n) is 6.06. The molecule has 2 heterocycles. The Kier molecular flexibility index (Phi) is 5.41. The number of carbonyl (C=O) groups is 1. The number of aromatic nitrogens is 1. The average molecular weight is 342 g/mol. The van der Waals surface area contributed by atoms with Crippen LogP contribution in [0.3, 0.4) is 0 Å². The minimum atomic E-state index is -0.0369. The summed E-state index contributed by atoms with van der Waals surface area (Å²) in [6.45, 7) is 3.30. The number of hydrogen-bond donors (Lipinski definition) is 1. The van der Waals surface area contributed by atoms with Crippen LogP contribution in [0, 0.1) is 6.92 Å². The molecule has 1 unspecified atom stereocenters. The topological polar surface area (TPSA) is 51.1 Å². The number of hydrogen-bond acceptors (Lipinski definition) is 3. The van der Waals surface area contributed by atoms with Crippen LogP contribution in [-0.4, -0.2) is 22.8 Å². The fraction of sp³-hybridized carbons (Fsp3) is 0.368. The lowest BCUT2D eigenvalue weighted by molar-refractivity contribution is -0.122. The predicted molar refractivity (Wildman–Crippen MR) is 97.6 cm³/mol. The zero-order valence-corrected chi connectivity index (χ0v) is 14.6. The monoisotopic (exact) mass is 342 g/mol. The van der Waals surface area contributed by atoms with Crippen molar-refractivity contribution in [2.75, 3.05) is 12.3 Å². The molecule has 0 bridgehead atoms. The van der Waals surface area contributed by atoms with Crippen LogP contribution in [0.25, 0.3) is 0 Å². The number of aryl methyl sites for hydroxylation is 1. The minimum Gasteiger partial charge on any atom is -0.356 e. The summed E-state index contributed by atoms with van der Waals surface area (Å²) in [6.07, 6.45) is 1.75. The van der Waals surface area contributed by atoms with Gasteiger partial charge in [0.15, 0.2) is 0 Å².